The second-order valence-electron chi connectivity index (χ2n) is 5.27. The van der Waals surface area contributed by atoms with E-state index in [0.29, 0.717) is 12.0 Å². The molecule has 0 radical (unpaired) electrons. The Morgan fingerprint density at radius 3 is 2.28 bits per heavy atom. The molecule has 1 aromatic rings. The summed E-state index contributed by atoms with van der Waals surface area (Å²) in [5, 5.41) is 6.22. The molecule has 100 valence electrons. The van der Waals surface area contributed by atoms with Crippen molar-refractivity contribution in [2.75, 3.05) is 5.32 Å². The fourth-order valence-corrected chi connectivity index (χ4v) is 2.05. The monoisotopic (exact) mass is 248 g/mol. The molecule has 0 aliphatic rings. The largest absolute Gasteiger partial charge is 0.325 e. The van der Waals surface area contributed by atoms with Gasteiger partial charge in [0, 0.05) is 11.7 Å². The van der Waals surface area contributed by atoms with Gasteiger partial charge in [-0.2, -0.15) is 0 Å². The first-order chi connectivity index (χ1) is 8.49. The number of carbonyl (C=O) groups excluding carboxylic acids is 1. The number of para-hydroxylation sites is 1. The summed E-state index contributed by atoms with van der Waals surface area (Å²) < 4.78 is 0. The van der Waals surface area contributed by atoms with Gasteiger partial charge in [0.25, 0.3) is 0 Å². The molecule has 2 unspecified atom stereocenters. The maximum absolute atomic E-state index is 12.0. The molecule has 0 aliphatic carbocycles. The van der Waals surface area contributed by atoms with Crippen LogP contribution in [-0.2, 0) is 4.79 Å². The van der Waals surface area contributed by atoms with Crippen molar-refractivity contribution in [2.24, 2.45) is 5.92 Å². The van der Waals surface area contributed by atoms with Crippen molar-refractivity contribution >= 4 is 11.6 Å². The minimum atomic E-state index is -0.182. The van der Waals surface area contributed by atoms with Crippen molar-refractivity contribution in [1.29, 1.82) is 0 Å². The SMILES string of the molecule is CC(C)CC(C)NC(C)C(=O)Nc1ccccc1. The lowest BCUT2D eigenvalue weighted by Crippen LogP contribution is -2.43. The van der Waals surface area contributed by atoms with Crippen molar-refractivity contribution in [3.05, 3.63) is 30.3 Å². The number of anilines is 1. The maximum Gasteiger partial charge on any atom is 0.241 e. The summed E-state index contributed by atoms with van der Waals surface area (Å²) in [7, 11) is 0. The molecule has 1 amide bonds. The van der Waals surface area contributed by atoms with Gasteiger partial charge in [-0.1, -0.05) is 32.0 Å². The molecule has 0 saturated carbocycles. The molecule has 0 heterocycles. The van der Waals surface area contributed by atoms with Crippen molar-refractivity contribution in [3.63, 3.8) is 0 Å². The zero-order valence-corrected chi connectivity index (χ0v) is 11.7. The third kappa shape index (κ3) is 5.32. The van der Waals surface area contributed by atoms with E-state index in [0.717, 1.165) is 12.1 Å². The number of rotatable bonds is 6. The van der Waals surface area contributed by atoms with Gasteiger partial charge in [-0.05, 0) is 38.3 Å². The quantitative estimate of drug-likeness (QED) is 0.812. The van der Waals surface area contributed by atoms with Crippen molar-refractivity contribution in [1.82, 2.24) is 5.32 Å². The highest BCUT2D eigenvalue weighted by atomic mass is 16.2. The van der Waals surface area contributed by atoms with E-state index in [4.69, 9.17) is 0 Å². The van der Waals surface area contributed by atoms with Crippen LogP contribution in [0, 0.1) is 5.92 Å². The second-order valence-corrected chi connectivity index (χ2v) is 5.27. The molecule has 0 aromatic heterocycles. The van der Waals surface area contributed by atoms with Gasteiger partial charge in [-0.15, -0.1) is 0 Å². The summed E-state index contributed by atoms with van der Waals surface area (Å²) >= 11 is 0. The molecule has 0 aliphatic heterocycles. The summed E-state index contributed by atoms with van der Waals surface area (Å²) in [6.07, 6.45) is 1.07. The lowest BCUT2D eigenvalue weighted by atomic mass is 10.0. The molecule has 1 rings (SSSR count). The molecule has 0 spiro atoms. The molecule has 0 bridgehead atoms. The Labute approximate surface area is 110 Å². The Kier molecular flexibility index (Phi) is 5.86. The first-order valence-electron chi connectivity index (χ1n) is 6.61. The van der Waals surface area contributed by atoms with Crippen molar-refractivity contribution in [3.8, 4) is 0 Å². The van der Waals surface area contributed by atoms with Crippen LogP contribution in [0.25, 0.3) is 0 Å². The van der Waals surface area contributed by atoms with Gasteiger partial charge in [0.15, 0.2) is 0 Å². The van der Waals surface area contributed by atoms with Gasteiger partial charge >= 0.3 is 0 Å². The molecule has 18 heavy (non-hydrogen) atoms. The van der Waals surface area contributed by atoms with Gasteiger partial charge in [-0.25, -0.2) is 0 Å². The van der Waals surface area contributed by atoms with E-state index in [9.17, 15) is 4.79 Å². The Balaban J connectivity index is 2.42. The Morgan fingerprint density at radius 1 is 1.11 bits per heavy atom. The number of hydrogen-bond donors (Lipinski definition) is 2. The highest BCUT2D eigenvalue weighted by Gasteiger charge is 2.15. The summed E-state index contributed by atoms with van der Waals surface area (Å²) in [5.74, 6) is 0.647. The molecule has 3 heteroatoms. The normalized spacial score (nSPS) is 14.3. The fraction of sp³-hybridized carbons (Fsp3) is 0.533. The minimum Gasteiger partial charge on any atom is -0.325 e. The van der Waals surface area contributed by atoms with Gasteiger partial charge in [0.2, 0.25) is 5.91 Å². The average molecular weight is 248 g/mol. The maximum atomic E-state index is 12.0. The predicted molar refractivity (Wildman–Crippen MR) is 76.6 cm³/mol. The highest BCUT2D eigenvalue weighted by molar-refractivity contribution is 5.94. The van der Waals surface area contributed by atoms with Gasteiger partial charge < -0.3 is 10.6 Å². The van der Waals surface area contributed by atoms with E-state index in [1.165, 1.54) is 0 Å². The molecule has 2 N–H and O–H groups in total. The number of nitrogens with one attached hydrogen (secondary N) is 2. The second kappa shape index (κ2) is 7.17. The highest BCUT2D eigenvalue weighted by Crippen LogP contribution is 2.07. The third-order valence-corrected chi connectivity index (χ3v) is 2.79. The Morgan fingerprint density at radius 2 is 1.72 bits per heavy atom. The molecule has 0 saturated heterocycles. The minimum absolute atomic E-state index is 0.0109. The van der Waals surface area contributed by atoms with Gasteiger partial charge in [0.1, 0.15) is 0 Å². The van der Waals surface area contributed by atoms with Crippen LogP contribution >= 0.6 is 0 Å². The molecule has 1 aromatic carbocycles. The van der Waals surface area contributed by atoms with Crippen LogP contribution < -0.4 is 10.6 Å². The van der Waals surface area contributed by atoms with E-state index < -0.39 is 0 Å². The van der Waals surface area contributed by atoms with E-state index in [2.05, 4.69) is 31.4 Å². The molecule has 0 fully saturated rings. The molecule has 3 nitrogen and oxygen atoms in total. The first kappa shape index (κ1) is 14.7. The summed E-state index contributed by atoms with van der Waals surface area (Å²) in [6.45, 7) is 8.39. The molecule has 2 atom stereocenters. The van der Waals surface area contributed by atoms with Crippen molar-refractivity contribution < 1.29 is 4.79 Å². The van der Waals surface area contributed by atoms with Gasteiger partial charge in [0.05, 0.1) is 6.04 Å². The van der Waals surface area contributed by atoms with E-state index in [1.807, 2.05) is 37.3 Å². The summed E-state index contributed by atoms with van der Waals surface area (Å²) in [6, 6.07) is 9.71. The van der Waals surface area contributed by atoms with E-state index in [1.54, 1.807) is 0 Å². The smallest absolute Gasteiger partial charge is 0.241 e. The van der Waals surface area contributed by atoms with Crippen molar-refractivity contribution in [2.45, 2.75) is 46.2 Å². The van der Waals surface area contributed by atoms with Crippen LogP contribution in [0.1, 0.15) is 34.1 Å². The summed E-state index contributed by atoms with van der Waals surface area (Å²) in [5.41, 5.74) is 0.840. The van der Waals surface area contributed by atoms with Crippen LogP contribution in [-0.4, -0.2) is 18.0 Å². The van der Waals surface area contributed by atoms with Crippen LogP contribution in [0.4, 0.5) is 5.69 Å². The average Bonchev–Trinajstić information content (AvgIpc) is 2.28. The number of benzene rings is 1. The molecular formula is C15H24N2O. The zero-order chi connectivity index (χ0) is 13.5. The first-order valence-corrected chi connectivity index (χ1v) is 6.61. The van der Waals surface area contributed by atoms with Crippen LogP contribution in [0.2, 0.25) is 0 Å². The number of carbonyl (C=O) groups is 1. The summed E-state index contributed by atoms with van der Waals surface area (Å²) in [4.78, 5) is 12.0. The molecular weight excluding hydrogens is 224 g/mol. The number of hydrogen-bond acceptors (Lipinski definition) is 2. The van der Waals surface area contributed by atoms with Gasteiger partial charge in [-0.3, -0.25) is 4.79 Å². The van der Waals surface area contributed by atoms with Crippen LogP contribution in [0.5, 0.6) is 0 Å². The van der Waals surface area contributed by atoms with Crippen LogP contribution in [0.15, 0.2) is 30.3 Å². The lowest BCUT2D eigenvalue weighted by molar-refractivity contribution is -0.118. The zero-order valence-electron chi connectivity index (χ0n) is 11.7. The third-order valence-electron chi connectivity index (χ3n) is 2.79. The standard InChI is InChI=1S/C15H24N2O/c1-11(2)10-12(3)16-13(4)15(18)17-14-8-6-5-7-9-14/h5-9,11-13,16H,10H2,1-4H3,(H,17,18). The number of amides is 1. The van der Waals surface area contributed by atoms with Crippen LogP contribution in [0.3, 0.4) is 0 Å². The predicted octanol–water partition coefficient (Wildman–Crippen LogP) is 3.04. The lowest BCUT2D eigenvalue weighted by Gasteiger charge is -2.21. The topological polar surface area (TPSA) is 41.1 Å². The van der Waals surface area contributed by atoms with E-state index in [-0.39, 0.29) is 11.9 Å². The van der Waals surface area contributed by atoms with E-state index >= 15 is 0 Å². The fourth-order valence-electron chi connectivity index (χ4n) is 2.05. The Bertz CT molecular complexity index is 362. The Hall–Kier alpha value is -1.35.